The summed E-state index contributed by atoms with van der Waals surface area (Å²) in [6.45, 7) is 0.466. The first-order valence-electron chi connectivity index (χ1n) is 11.6. The summed E-state index contributed by atoms with van der Waals surface area (Å²) >= 11 is 19.8. The van der Waals surface area contributed by atoms with Gasteiger partial charge in [0.15, 0.2) is 0 Å². The van der Waals surface area contributed by atoms with E-state index < -0.39 is 0 Å². The van der Waals surface area contributed by atoms with Crippen molar-refractivity contribution in [2.24, 2.45) is 0 Å². The normalized spacial score (nSPS) is 13.1. The zero-order valence-electron chi connectivity index (χ0n) is 19.9. The number of fused-ring (bicyclic) bond motifs is 1. The van der Waals surface area contributed by atoms with Crippen LogP contribution in [0.2, 0.25) is 15.1 Å². The maximum atomic E-state index is 14.1. The number of nitrogens with zero attached hydrogens (tertiary/aromatic N) is 2. The number of halogens is 3. The average molecular weight is 554 g/mol. The number of hydrogen-bond acceptors (Lipinski definition) is 3. The molecule has 1 aliphatic rings. The van der Waals surface area contributed by atoms with Crippen LogP contribution < -0.4 is 9.64 Å². The molecule has 8 heteroatoms. The smallest absolute Gasteiger partial charge is 0.329 e. The van der Waals surface area contributed by atoms with Crippen LogP contribution in [0.15, 0.2) is 78.9 Å². The molecule has 0 spiro atoms. The van der Waals surface area contributed by atoms with E-state index in [2.05, 4.69) is 0 Å². The molecular formula is C29H23Cl3N2O3. The number of ether oxygens (including phenoxy) is 1. The Morgan fingerprint density at radius 2 is 1.51 bits per heavy atom. The largest absolute Gasteiger partial charge is 0.497 e. The van der Waals surface area contributed by atoms with E-state index in [-0.39, 0.29) is 12.6 Å². The second-order valence-corrected chi connectivity index (χ2v) is 9.89. The van der Waals surface area contributed by atoms with Crippen molar-refractivity contribution in [1.82, 2.24) is 4.90 Å². The summed E-state index contributed by atoms with van der Waals surface area (Å²) in [4.78, 5) is 17.3. The highest BCUT2D eigenvalue weighted by Gasteiger charge is 2.36. The molecule has 1 heterocycles. The van der Waals surface area contributed by atoms with Gasteiger partial charge in [-0.2, -0.15) is 0 Å². The molecule has 2 amide bonds. The van der Waals surface area contributed by atoms with Crippen molar-refractivity contribution < 1.29 is 14.6 Å². The van der Waals surface area contributed by atoms with Crippen LogP contribution >= 0.6 is 34.8 Å². The molecule has 0 aliphatic carbocycles. The van der Waals surface area contributed by atoms with E-state index in [4.69, 9.17) is 39.5 Å². The molecule has 1 N–H and O–H groups in total. The minimum absolute atomic E-state index is 0.210. The number of hydrogen-bond donors (Lipinski definition) is 1. The van der Waals surface area contributed by atoms with Crippen LogP contribution in [-0.2, 0) is 19.7 Å². The summed E-state index contributed by atoms with van der Waals surface area (Å²) < 4.78 is 5.27. The fraction of sp³-hybridized carbons (Fsp3) is 0.138. The number of aliphatic hydroxyl groups is 1. The zero-order chi connectivity index (χ0) is 26.1. The maximum absolute atomic E-state index is 14.1. The molecule has 5 rings (SSSR count). The number of para-hydroxylation sites is 1. The van der Waals surface area contributed by atoms with Crippen LogP contribution in [0, 0.1) is 0 Å². The van der Waals surface area contributed by atoms with E-state index >= 15 is 0 Å². The first-order chi connectivity index (χ1) is 17.9. The minimum atomic E-state index is -0.279. The van der Waals surface area contributed by atoms with E-state index in [1.165, 1.54) is 4.90 Å². The Labute approximate surface area is 230 Å². The van der Waals surface area contributed by atoms with Crippen molar-refractivity contribution in [3.63, 3.8) is 0 Å². The minimum Gasteiger partial charge on any atom is -0.497 e. The Bertz CT molecular complexity index is 1450. The number of aliphatic hydroxyl groups excluding tert-OH is 1. The van der Waals surface area contributed by atoms with Crippen LogP contribution in [0.4, 0.5) is 16.2 Å². The lowest BCUT2D eigenvalue weighted by Gasteiger charge is -2.39. The molecule has 0 unspecified atom stereocenters. The van der Waals surface area contributed by atoms with Gasteiger partial charge in [0.05, 0.1) is 41.7 Å². The highest BCUT2D eigenvalue weighted by molar-refractivity contribution is 6.40. The molecule has 0 saturated heterocycles. The summed E-state index contributed by atoms with van der Waals surface area (Å²) in [5, 5.41) is 11.3. The topological polar surface area (TPSA) is 53.0 Å². The number of rotatable bonds is 6. The average Bonchev–Trinajstić information content (AvgIpc) is 2.90. The van der Waals surface area contributed by atoms with Crippen LogP contribution in [0.1, 0.15) is 16.7 Å². The number of benzene rings is 4. The van der Waals surface area contributed by atoms with Crippen molar-refractivity contribution in [2.75, 3.05) is 12.0 Å². The molecule has 0 saturated carbocycles. The van der Waals surface area contributed by atoms with E-state index in [9.17, 15) is 9.90 Å². The SMILES string of the molecule is COc1ccc(CN2Cc3c(-c4ccccc4Cl)cc(CO)cc3N(c3c(Cl)cccc3Cl)C2=O)cc1. The lowest BCUT2D eigenvalue weighted by atomic mass is 9.93. The van der Waals surface area contributed by atoms with Crippen molar-refractivity contribution in [3.05, 3.63) is 111 Å². The van der Waals surface area contributed by atoms with Gasteiger partial charge < -0.3 is 14.7 Å². The number of carbonyl (C=O) groups excluding carboxylic acids is 1. The van der Waals surface area contributed by atoms with Gasteiger partial charge in [0.1, 0.15) is 5.75 Å². The lowest BCUT2D eigenvalue weighted by molar-refractivity contribution is 0.198. The molecule has 0 fully saturated rings. The second-order valence-electron chi connectivity index (χ2n) is 8.67. The summed E-state index contributed by atoms with van der Waals surface area (Å²) in [6, 6.07) is 23.7. The van der Waals surface area contributed by atoms with Gasteiger partial charge in [0.2, 0.25) is 0 Å². The summed E-state index contributed by atoms with van der Waals surface area (Å²) in [7, 11) is 1.61. The number of methoxy groups -OCH3 is 1. The highest BCUT2D eigenvalue weighted by Crippen LogP contribution is 2.46. The first-order valence-corrected chi connectivity index (χ1v) is 12.7. The Morgan fingerprint density at radius 3 is 2.16 bits per heavy atom. The van der Waals surface area contributed by atoms with Crippen LogP contribution in [0.25, 0.3) is 11.1 Å². The molecule has 0 radical (unpaired) electrons. The third kappa shape index (κ3) is 4.88. The third-order valence-electron chi connectivity index (χ3n) is 6.38. The van der Waals surface area contributed by atoms with Gasteiger partial charge in [-0.3, -0.25) is 4.90 Å². The first kappa shape index (κ1) is 25.4. The molecule has 37 heavy (non-hydrogen) atoms. The van der Waals surface area contributed by atoms with Crippen molar-refractivity contribution >= 4 is 52.2 Å². The molecular weight excluding hydrogens is 531 g/mol. The quantitative estimate of drug-likeness (QED) is 0.262. The highest BCUT2D eigenvalue weighted by atomic mass is 35.5. The fourth-order valence-electron chi connectivity index (χ4n) is 4.59. The van der Waals surface area contributed by atoms with E-state index in [1.807, 2.05) is 54.6 Å². The number of carbonyl (C=O) groups is 1. The predicted molar refractivity (Wildman–Crippen MR) is 149 cm³/mol. The Hall–Kier alpha value is -3.22. The van der Waals surface area contributed by atoms with Crippen molar-refractivity contribution in [3.8, 4) is 16.9 Å². The monoisotopic (exact) mass is 552 g/mol. The van der Waals surface area contributed by atoms with Gasteiger partial charge in [-0.25, -0.2) is 4.79 Å². The maximum Gasteiger partial charge on any atom is 0.329 e. The molecule has 4 aromatic carbocycles. The van der Waals surface area contributed by atoms with Gasteiger partial charge >= 0.3 is 6.03 Å². The molecule has 0 atom stereocenters. The number of urea groups is 1. The Morgan fingerprint density at radius 1 is 0.838 bits per heavy atom. The van der Waals surface area contributed by atoms with Crippen LogP contribution in [0.5, 0.6) is 5.75 Å². The summed E-state index contributed by atoms with van der Waals surface area (Å²) in [6.07, 6.45) is 0. The molecule has 1 aliphatic heterocycles. The third-order valence-corrected chi connectivity index (χ3v) is 7.32. The summed E-state index contributed by atoms with van der Waals surface area (Å²) in [5.74, 6) is 0.737. The second kappa shape index (κ2) is 10.6. The Balaban J connectivity index is 1.72. The standard InChI is InChI=1S/C29H23Cl3N2O3/c1-37-20-11-9-18(10-12-20)15-33-16-23-22(21-5-2-3-6-24(21)30)13-19(17-35)14-27(23)34(29(33)36)28-25(31)7-4-8-26(28)32/h2-14,35H,15-17H2,1H3. The van der Waals surface area contributed by atoms with Gasteiger partial charge in [-0.05, 0) is 59.2 Å². The van der Waals surface area contributed by atoms with Gasteiger partial charge in [-0.15, -0.1) is 0 Å². The van der Waals surface area contributed by atoms with Gasteiger partial charge in [0.25, 0.3) is 0 Å². The van der Waals surface area contributed by atoms with E-state index in [0.717, 1.165) is 28.0 Å². The Kier molecular flexibility index (Phi) is 7.31. The van der Waals surface area contributed by atoms with E-state index in [1.54, 1.807) is 36.3 Å². The number of amides is 2. The molecule has 5 nitrogen and oxygen atoms in total. The van der Waals surface area contributed by atoms with Crippen LogP contribution in [0.3, 0.4) is 0 Å². The molecule has 188 valence electrons. The van der Waals surface area contributed by atoms with Crippen molar-refractivity contribution in [2.45, 2.75) is 19.7 Å². The molecule has 0 bridgehead atoms. The van der Waals surface area contributed by atoms with Gasteiger partial charge in [-0.1, -0.05) is 71.2 Å². The van der Waals surface area contributed by atoms with Crippen LogP contribution in [-0.4, -0.2) is 23.1 Å². The molecule has 0 aromatic heterocycles. The van der Waals surface area contributed by atoms with Crippen molar-refractivity contribution in [1.29, 1.82) is 0 Å². The predicted octanol–water partition coefficient (Wildman–Crippen LogP) is 8.09. The fourth-order valence-corrected chi connectivity index (χ4v) is 5.39. The van der Waals surface area contributed by atoms with E-state index in [0.29, 0.717) is 45.1 Å². The summed E-state index contributed by atoms with van der Waals surface area (Å²) in [5.41, 5.74) is 5.07. The zero-order valence-corrected chi connectivity index (χ0v) is 22.2. The number of anilines is 2. The molecule has 4 aromatic rings. The lowest BCUT2D eigenvalue weighted by Crippen LogP contribution is -2.44. The van der Waals surface area contributed by atoms with Gasteiger partial charge in [0, 0.05) is 22.7 Å².